The van der Waals surface area contributed by atoms with E-state index in [-0.39, 0.29) is 46.1 Å². The Labute approximate surface area is 305 Å². The standard InChI is InChI=1S/C34H37ClF2N8O5S2/c1-34(2,52(49,50)24-6-7-24)12-11-23-5-8-25(26-9-10-27(35)30-32(26)44(3)42-33(30)43-51(4,47)48)31(40-23)28(41-29(46)19-45(39)14-13-38)17-20-15-21(36)18-22(37)16-20/h5,8-10,13-16,18,24,28H,6-7,17,19,38-39H2,1-4H3,(H,41,46)(H,42,43)/b14-13-/t28-/m0/s1. The number of hydrogen-bond acceptors (Lipinski definition) is 10. The molecule has 6 N–H and O–H groups in total. The maximum Gasteiger partial charge on any atom is 0.241 e. The molecule has 18 heteroatoms. The lowest BCUT2D eigenvalue weighted by Gasteiger charge is -2.23. The number of sulfone groups is 1. The van der Waals surface area contributed by atoms with E-state index < -0.39 is 53.4 Å². The molecule has 0 unspecified atom stereocenters. The highest BCUT2D eigenvalue weighted by molar-refractivity contribution is 7.93. The first-order chi connectivity index (χ1) is 24.3. The number of sulfonamides is 1. The molecule has 1 aliphatic rings. The Bertz CT molecular complexity index is 2350. The van der Waals surface area contributed by atoms with Crippen molar-refractivity contribution < 1.29 is 30.4 Å². The molecule has 1 aliphatic carbocycles. The Morgan fingerprint density at radius 3 is 2.40 bits per heavy atom. The van der Waals surface area contributed by atoms with Gasteiger partial charge in [-0.1, -0.05) is 23.6 Å². The first kappa shape index (κ1) is 38.5. The van der Waals surface area contributed by atoms with Crippen molar-refractivity contribution in [3.63, 3.8) is 0 Å². The predicted octanol–water partition coefficient (Wildman–Crippen LogP) is 3.65. The monoisotopic (exact) mass is 774 g/mol. The first-order valence-corrected chi connectivity index (χ1v) is 19.7. The van der Waals surface area contributed by atoms with Gasteiger partial charge in [-0.3, -0.25) is 14.2 Å². The van der Waals surface area contributed by atoms with Crippen LogP contribution in [0.3, 0.4) is 0 Å². The van der Waals surface area contributed by atoms with Crippen molar-refractivity contribution in [1.29, 1.82) is 0 Å². The van der Waals surface area contributed by atoms with Crippen LogP contribution in [0.25, 0.3) is 22.0 Å². The van der Waals surface area contributed by atoms with Crippen molar-refractivity contribution in [2.24, 2.45) is 18.6 Å². The lowest BCUT2D eigenvalue weighted by atomic mass is 9.93. The van der Waals surface area contributed by atoms with Gasteiger partial charge in [0.15, 0.2) is 15.7 Å². The Morgan fingerprint density at radius 2 is 1.79 bits per heavy atom. The Morgan fingerprint density at radius 1 is 1.13 bits per heavy atom. The van der Waals surface area contributed by atoms with Gasteiger partial charge >= 0.3 is 0 Å². The topological polar surface area (TPSA) is 195 Å². The van der Waals surface area contributed by atoms with E-state index in [0.717, 1.165) is 35.7 Å². The van der Waals surface area contributed by atoms with Gasteiger partial charge in [-0.2, -0.15) is 5.10 Å². The molecule has 1 saturated carbocycles. The minimum Gasteiger partial charge on any atom is -0.403 e. The molecule has 1 amide bonds. The van der Waals surface area contributed by atoms with Crippen molar-refractivity contribution in [2.45, 2.75) is 49.1 Å². The number of carbonyl (C=O) groups excluding carboxylic acids is 1. The zero-order valence-corrected chi connectivity index (χ0v) is 31.0. The molecule has 4 aromatic rings. The first-order valence-electron chi connectivity index (χ1n) is 15.8. The number of hydrazine groups is 1. The Kier molecular flexibility index (Phi) is 10.9. The van der Waals surface area contributed by atoms with E-state index in [1.807, 2.05) is 0 Å². The smallest absolute Gasteiger partial charge is 0.241 e. The Balaban J connectivity index is 1.74. The summed E-state index contributed by atoms with van der Waals surface area (Å²) < 4.78 is 81.9. The largest absolute Gasteiger partial charge is 0.403 e. The molecule has 0 saturated heterocycles. The minimum absolute atomic E-state index is 0.0287. The molecule has 0 spiro atoms. The van der Waals surface area contributed by atoms with E-state index in [1.54, 1.807) is 25.2 Å². The number of carbonyl (C=O) groups is 1. The number of aryl methyl sites for hydroxylation is 1. The fourth-order valence-electron chi connectivity index (χ4n) is 5.71. The zero-order valence-electron chi connectivity index (χ0n) is 28.6. The molecule has 0 bridgehead atoms. The third kappa shape index (κ3) is 8.64. The Hall–Kier alpha value is -4.76. The van der Waals surface area contributed by atoms with Crippen molar-refractivity contribution in [2.75, 3.05) is 17.5 Å². The number of halogens is 3. The van der Waals surface area contributed by atoms with Gasteiger partial charge in [0, 0.05) is 36.6 Å². The summed E-state index contributed by atoms with van der Waals surface area (Å²) in [6, 6.07) is 8.27. The van der Waals surface area contributed by atoms with Gasteiger partial charge in [-0.25, -0.2) is 36.4 Å². The van der Waals surface area contributed by atoms with E-state index in [4.69, 9.17) is 28.2 Å². The maximum atomic E-state index is 14.4. The summed E-state index contributed by atoms with van der Waals surface area (Å²) in [6.07, 6.45) is 4.35. The number of nitrogens with zero attached hydrogens (tertiary/aromatic N) is 4. The SMILES string of the molecule is Cn1nc(NS(C)(=O)=O)c2c(Cl)ccc(-c3ccc(C#CC(C)(C)S(=O)(=O)C4CC4)nc3[C@H](Cc3cc(F)cc(F)c3)NC(=O)CN(N)/C=C\N)c21. The summed E-state index contributed by atoms with van der Waals surface area (Å²) in [7, 11) is -5.75. The molecule has 13 nitrogen and oxygen atoms in total. The number of benzene rings is 2. The molecule has 2 aromatic heterocycles. The van der Waals surface area contributed by atoms with Crippen LogP contribution in [0.1, 0.15) is 49.7 Å². The van der Waals surface area contributed by atoms with Crippen LogP contribution in [0.15, 0.2) is 54.9 Å². The second-order valence-corrected chi connectivity index (χ2v) is 17.8. The molecule has 5 rings (SSSR count). The molecular weight excluding hydrogens is 738 g/mol. The van der Waals surface area contributed by atoms with Gasteiger partial charge in [0.25, 0.3) is 0 Å². The second kappa shape index (κ2) is 14.7. The molecule has 2 aromatic carbocycles. The lowest BCUT2D eigenvalue weighted by Crippen LogP contribution is -2.40. The van der Waals surface area contributed by atoms with Crippen molar-refractivity contribution >= 4 is 54.1 Å². The van der Waals surface area contributed by atoms with Gasteiger partial charge < -0.3 is 16.1 Å². The molecule has 1 fully saturated rings. The van der Waals surface area contributed by atoms with E-state index in [2.05, 4.69) is 27.0 Å². The lowest BCUT2D eigenvalue weighted by molar-refractivity contribution is -0.122. The van der Waals surface area contributed by atoms with E-state index in [9.17, 15) is 30.4 Å². The number of fused-ring (bicyclic) bond motifs is 1. The number of hydrogen-bond donors (Lipinski definition) is 4. The van der Waals surface area contributed by atoms with Gasteiger partial charge in [-0.15, -0.1) is 0 Å². The number of nitrogens with two attached hydrogens (primary N) is 2. The van der Waals surface area contributed by atoms with Gasteiger partial charge in [-0.05, 0) is 74.9 Å². The average Bonchev–Trinajstić information content (AvgIpc) is 3.84. The summed E-state index contributed by atoms with van der Waals surface area (Å²) in [5.74, 6) is 9.29. The summed E-state index contributed by atoms with van der Waals surface area (Å²) >= 11 is 6.59. The van der Waals surface area contributed by atoms with E-state index in [1.165, 1.54) is 30.8 Å². The minimum atomic E-state index is -3.77. The zero-order chi connectivity index (χ0) is 38.2. The van der Waals surface area contributed by atoms with Crippen LogP contribution in [0.2, 0.25) is 5.02 Å². The van der Waals surface area contributed by atoms with Crippen LogP contribution in [-0.4, -0.2) is 65.3 Å². The second-order valence-electron chi connectivity index (χ2n) is 12.9. The summed E-state index contributed by atoms with van der Waals surface area (Å²) in [5, 5.41) is 8.23. The molecule has 2 heterocycles. The molecule has 276 valence electrons. The average molecular weight is 775 g/mol. The van der Waals surface area contributed by atoms with E-state index >= 15 is 0 Å². The third-order valence-corrected chi connectivity index (χ3v) is 12.0. The van der Waals surface area contributed by atoms with Crippen molar-refractivity contribution in [1.82, 2.24) is 25.1 Å². The molecular formula is C34H37ClF2N8O5S2. The summed E-state index contributed by atoms with van der Waals surface area (Å²) in [6.45, 7) is 2.68. The van der Waals surface area contributed by atoms with Crippen molar-refractivity contribution in [3.05, 3.63) is 88.5 Å². The summed E-state index contributed by atoms with van der Waals surface area (Å²) in [4.78, 5) is 18.2. The van der Waals surface area contributed by atoms with Crippen LogP contribution < -0.4 is 21.6 Å². The molecule has 0 aliphatic heterocycles. The van der Waals surface area contributed by atoms with Crippen molar-refractivity contribution in [3.8, 4) is 23.0 Å². The number of pyridine rings is 1. The van der Waals surface area contributed by atoms with Gasteiger partial charge in [0.2, 0.25) is 15.9 Å². The quantitative estimate of drug-likeness (QED) is 0.0938. The highest BCUT2D eigenvalue weighted by atomic mass is 35.5. The number of amides is 1. The van der Waals surface area contributed by atoms with Crippen LogP contribution in [0, 0.1) is 23.5 Å². The molecule has 0 radical (unpaired) electrons. The normalized spacial score (nSPS) is 14.2. The summed E-state index contributed by atoms with van der Waals surface area (Å²) in [5.41, 5.74) is 7.14. The van der Waals surface area contributed by atoms with Gasteiger partial charge in [0.1, 0.15) is 28.6 Å². The number of nitrogens with one attached hydrogen (secondary N) is 2. The molecule has 52 heavy (non-hydrogen) atoms. The highest BCUT2D eigenvalue weighted by Crippen LogP contribution is 2.40. The third-order valence-electron chi connectivity index (χ3n) is 8.23. The molecule has 1 atom stereocenters. The van der Waals surface area contributed by atoms with Crippen LogP contribution >= 0.6 is 11.6 Å². The number of rotatable bonds is 12. The fraction of sp³-hybridized carbons (Fsp3) is 0.324. The van der Waals surface area contributed by atoms with Crippen LogP contribution in [-0.2, 0) is 38.1 Å². The van der Waals surface area contributed by atoms with Crippen LogP contribution in [0.4, 0.5) is 14.6 Å². The van der Waals surface area contributed by atoms with E-state index in [0.29, 0.717) is 29.5 Å². The highest BCUT2D eigenvalue weighted by Gasteiger charge is 2.45. The van der Waals surface area contributed by atoms with Crippen LogP contribution in [0.5, 0.6) is 0 Å². The maximum absolute atomic E-state index is 14.4. The number of anilines is 1. The van der Waals surface area contributed by atoms with Gasteiger partial charge in [0.05, 0.1) is 39.2 Å². The fourth-order valence-corrected chi connectivity index (χ4v) is 8.23. The predicted molar refractivity (Wildman–Crippen MR) is 195 cm³/mol. The number of aromatic nitrogens is 3.